The Morgan fingerprint density at radius 2 is 1.79 bits per heavy atom. The number of aryl methyl sites for hydroxylation is 2. The molecule has 1 aromatic rings. The van der Waals surface area contributed by atoms with E-state index in [-0.39, 0.29) is 6.03 Å². The second-order valence-electron chi connectivity index (χ2n) is 5.77. The normalized spacial score (nSPS) is 23.3. The second kappa shape index (κ2) is 5.64. The first-order chi connectivity index (χ1) is 8.99. The Labute approximate surface area is 116 Å². The summed E-state index contributed by atoms with van der Waals surface area (Å²) in [6, 6.07) is 6.74. The fraction of sp³-hybridized carbons (Fsp3) is 0.562. The molecule has 104 valence electrons. The van der Waals surface area contributed by atoms with Gasteiger partial charge in [-0.3, -0.25) is 0 Å². The summed E-state index contributed by atoms with van der Waals surface area (Å²) in [4.78, 5) is 14.4. The molecule has 2 rings (SSSR count). The Hall–Kier alpha value is -1.51. The lowest BCUT2D eigenvalue weighted by Gasteiger charge is -2.38. The summed E-state index contributed by atoms with van der Waals surface area (Å²) in [6.45, 7) is 8.41. The zero-order valence-electron chi connectivity index (χ0n) is 12.4. The van der Waals surface area contributed by atoms with Crippen LogP contribution >= 0.6 is 0 Å². The largest absolute Gasteiger partial charge is 0.322 e. The summed E-state index contributed by atoms with van der Waals surface area (Å²) in [7, 11) is 0. The van der Waals surface area contributed by atoms with Gasteiger partial charge in [-0.15, -0.1) is 0 Å². The predicted octanol–water partition coefficient (Wildman–Crippen LogP) is 4.10. The smallest absolute Gasteiger partial charge is 0.319 e. The van der Waals surface area contributed by atoms with Crippen LogP contribution in [-0.2, 0) is 0 Å². The van der Waals surface area contributed by atoms with Crippen LogP contribution in [0.2, 0.25) is 0 Å². The van der Waals surface area contributed by atoms with Crippen molar-refractivity contribution in [2.24, 2.45) is 0 Å². The maximum atomic E-state index is 12.4. The highest BCUT2D eigenvalue weighted by atomic mass is 16.2. The van der Waals surface area contributed by atoms with Gasteiger partial charge in [0.1, 0.15) is 0 Å². The Morgan fingerprint density at radius 1 is 1.16 bits per heavy atom. The van der Waals surface area contributed by atoms with Gasteiger partial charge in [0.05, 0.1) is 0 Å². The molecule has 0 aliphatic carbocycles. The van der Waals surface area contributed by atoms with E-state index in [2.05, 4.69) is 33.0 Å². The number of carbonyl (C=O) groups excluding carboxylic acids is 1. The number of rotatable bonds is 1. The molecular formula is C16H24N2O. The van der Waals surface area contributed by atoms with Gasteiger partial charge in [-0.1, -0.05) is 6.07 Å². The molecule has 19 heavy (non-hydrogen) atoms. The molecule has 2 unspecified atom stereocenters. The number of urea groups is 1. The molecule has 0 spiro atoms. The summed E-state index contributed by atoms with van der Waals surface area (Å²) < 4.78 is 0. The monoisotopic (exact) mass is 260 g/mol. The minimum atomic E-state index is 0.0305. The Balaban J connectivity index is 2.09. The third-order valence-electron chi connectivity index (χ3n) is 4.19. The lowest BCUT2D eigenvalue weighted by molar-refractivity contribution is 0.133. The first-order valence-electron chi connectivity index (χ1n) is 7.15. The Bertz CT molecular complexity index is 460. The molecule has 1 aliphatic heterocycles. The number of hydrogen-bond acceptors (Lipinski definition) is 1. The average molecular weight is 260 g/mol. The summed E-state index contributed by atoms with van der Waals surface area (Å²) >= 11 is 0. The molecule has 1 fully saturated rings. The summed E-state index contributed by atoms with van der Waals surface area (Å²) in [5, 5.41) is 3.03. The second-order valence-corrected chi connectivity index (χ2v) is 5.77. The van der Waals surface area contributed by atoms with E-state index >= 15 is 0 Å². The third-order valence-corrected chi connectivity index (χ3v) is 4.19. The van der Waals surface area contributed by atoms with Gasteiger partial charge in [0.15, 0.2) is 0 Å². The van der Waals surface area contributed by atoms with Crippen molar-refractivity contribution in [2.45, 2.75) is 59.0 Å². The van der Waals surface area contributed by atoms with Gasteiger partial charge in [-0.05, 0) is 70.2 Å². The highest BCUT2D eigenvalue weighted by molar-refractivity contribution is 5.90. The highest BCUT2D eigenvalue weighted by Crippen LogP contribution is 2.24. The molecule has 2 atom stereocenters. The number of piperidine rings is 1. The number of carbonyl (C=O) groups is 1. The highest BCUT2D eigenvalue weighted by Gasteiger charge is 2.28. The number of nitrogens with zero attached hydrogens (tertiary/aromatic N) is 1. The van der Waals surface area contributed by atoms with E-state index in [1.807, 2.05) is 23.1 Å². The van der Waals surface area contributed by atoms with Crippen molar-refractivity contribution in [2.75, 3.05) is 5.32 Å². The zero-order chi connectivity index (χ0) is 14.0. The first-order valence-corrected chi connectivity index (χ1v) is 7.15. The van der Waals surface area contributed by atoms with E-state index in [1.54, 1.807) is 0 Å². The minimum Gasteiger partial charge on any atom is -0.319 e. The molecule has 1 N–H and O–H groups in total. The standard InChI is InChI=1S/C16H24N2O/c1-11-8-9-15(10-12(11)2)17-16(19)18-13(3)6-5-7-14(18)4/h8-10,13-14H,5-7H2,1-4H3,(H,17,19). The lowest BCUT2D eigenvalue weighted by Crippen LogP contribution is -2.49. The van der Waals surface area contributed by atoms with Gasteiger partial charge < -0.3 is 10.2 Å². The quantitative estimate of drug-likeness (QED) is 0.810. The molecule has 1 saturated heterocycles. The first kappa shape index (κ1) is 13.9. The van der Waals surface area contributed by atoms with E-state index in [0.29, 0.717) is 12.1 Å². The predicted molar refractivity (Wildman–Crippen MR) is 79.5 cm³/mol. The molecule has 0 aromatic heterocycles. The van der Waals surface area contributed by atoms with Gasteiger partial charge >= 0.3 is 6.03 Å². The van der Waals surface area contributed by atoms with Crippen molar-refractivity contribution in [3.05, 3.63) is 29.3 Å². The maximum absolute atomic E-state index is 12.4. The van der Waals surface area contributed by atoms with E-state index in [9.17, 15) is 4.79 Å². The lowest BCUT2D eigenvalue weighted by atomic mass is 9.98. The van der Waals surface area contributed by atoms with E-state index < -0.39 is 0 Å². The van der Waals surface area contributed by atoms with Gasteiger partial charge in [-0.2, -0.15) is 0 Å². The summed E-state index contributed by atoms with van der Waals surface area (Å²) in [5.74, 6) is 0. The molecule has 1 aromatic carbocycles. The van der Waals surface area contributed by atoms with Crippen molar-refractivity contribution in [3.8, 4) is 0 Å². The molecule has 3 nitrogen and oxygen atoms in total. The van der Waals surface area contributed by atoms with E-state index in [1.165, 1.54) is 17.5 Å². The van der Waals surface area contributed by atoms with Crippen molar-refractivity contribution in [1.29, 1.82) is 0 Å². The third kappa shape index (κ3) is 3.09. The van der Waals surface area contributed by atoms with Crippen LogP contribution in [-0.4, -0.2) is 23.0 Å². The number of hydrogen-bond donors (Lipinski definition) is 1. The van der Waals surface area contributed by atoms with Gasteiger partial charge in [0.25, 0.3) is 0 Å². The molecule has 0 radical (unpaired) electrons. The zero-order valence-corrected chi connectivity index (χ0v) is 12.4. The van der Waals surface area contributed by atoms with E-state index in [4.69, 9.17) is 0 Å². The Kier molecular flexibility index (Phi) is 4.13. The van der Waals surface area contributed by atoms with Crippen LogP contribution in [0.15, 0.2) is 18.2 Å². The minimum absolute atomic E-state index is 0.0305. The van der Waals surface area contributed by atoms with Crippen LogP contribution in [0, 0.1) is 13.8 Å². The van der Waals surface area contributed by atoms with Crippen LogP contribution < -0.4 is 5.32 Å². The molecule has 0 bridgehead atoms. The molecule has 1 aliphatic rings. The molecular weight excluding hydrogens is 236 g/mol. The number of anilines is 1. The maximum Gasteiger partial charge on any atom is 0.322 e. The van der Waals surface area contributed by atoms with Gasteiger partial charge in [0, 0.05) is 17.8 Å². The van der Waals surface area contributed by atoms with Crippen LogP contribution in [0.1, 0.15) is 44.2 Å². The van der Waals surface area contributed by atoms with Crippen molar-refractivity contribution in [1.82, 2.24) is 4.90 Å². The SMILES string of the molecule is Cc1ccc(NC(=O)N2C(C)CCCC2C)cc1C. The van der Waals surface area contributed by atoms with Gasteiger partial charge in [0.2, 0.25) is 0 Å². The van der Waals surface area contributed by atoms with Gasteiger partial charge in [-0.25, -0.2) is 4.79 Å². The summed E-state index contributed by atoms with van der Waals surface area (Å²) in [5.41, 5.74) is 3.34. The number of benzene rings is 1. The number of nitrogens with one attached hydrogen (secondary N) is 1. The molecule has 3 heteroatoms. The van der Waals surface area contributed by atoms with Crippen LogP contribution in [0.5, 0.6) is 0 Å². The van der Waals surface area contributed by atoms with Crippen molar-refractivity contribution >= 4 is 11.7 Å². The van der Waals surface area contributed by atoms with Crippen LogP contribution in [0.3, 0.4) is 0 Å². The number of amides is 2. The average Bonchev–Trinajstić information content (AvgIpc) is 2.33. The fourth-order valence-electron chi connectivity index (χ4n) is 2.83. The topological polar surface area (TPSA) is 32.3 Å². The molecule has 0 saturated carbocycles. The summed E-state index contributed by atoms with van der Waals surface area (Å²) in [6.07, 6.45) is 3.42. The van der Waals surface area contributed by atoms with Crippen LogP contribution in [0.25, 0.3) is 0 Å². The molecule has 2 amide bonds. The van der Waals surface area contributed by atoms with Crippen LogP contribution in [0.4, 0.5) is 10.5 Å². The van der Waals surface area contributed by atoms with E-state index in [0.717, 1.165) is 18.5 Å². The van der Waals surface area contributed by atoms with Crippen molar-refractivity contribution < 1.29 is 4.79 Å². The molecule has 1 heterocycles. The Morgan fingerprint density at radius 3 is 2.37 bits per heavy atom. The number of likely N-dealkylation sites (tertiary alicyclic amines) is 1. The fourth-order valence-corrected chi connectivity index (χ4v) is 2.83. The van der Waals surface area contributed by atoms with Crippen molar-refractivity contribution in [3.63, 3.8) is 0 Å².